The number of anilines is 1. The van der Waals surface area contributed by atoms with Crippen molar-refractivity contribution in [1.29, 1.82) is 0 Å². The highest BCUT2D eigenvalue weighted by Gasteiger charge is 2.15. The fourth-order valence-corrected chi connectivity index (χ4v) is 3.37. The number of benzene rings is 3. The maximum absolute atomic E-state index is 13.5. The molecule has 30 heavy (non-hydrogen) atoms. The zero-order valence-corrected chi connectivity index (χ0v) is 15.7. The van der Waals surface area contributed by atoms with Crippen molar-refractivity contribution in [3.63, 3.8) is 0 Å². The Bertz CT molecular complexity index is 1280. The van der Waals surface area contributed by atoms with Gasteiger partial charge in [0.25, 0.3) is 11.8 Å². The zero-order chi connectivity index (χ0) is 21.3. The lowest BCUT2D eigenvalue weighted by Gasteiger charge is -2.10. The second-order valence-corrected chi connectivity index (χ2v) is 6.85. The fourth-order valence-electron chi connectivity index (χ4n) is 3.37. The van der Waals surface area contributed by atoms with Crippen LogP contribution in [0.4, 0.5) is 14.5 Å². The molecule has 3 N–H and O–H groups in total. The van der Waals surface area contributed by atoms with E-state index in [4.69, 9.17) is 5.73 Å². The van der Waals surface area contributed by atoms with Gasteiger partial charge in [0.1, 0.15) is 17.3 Å². The molecule has 0 aliphatic heterocycles. The van der Waals surface area contributed by atoms with Crippen molar-refractivity contribution < 1.29 is 18.4 Å². The third-order valence-electron chi connectivity index (χ3n) is 4.73. The number of halogens is 2. The van der Waals surface area contributed by atoms with Crippen LogP contribution in [-0.4, -0.2) is 16.4 Å². The number of primary amides is 1. The monoisotopic (exact) mass is 405 g/mol. The van der Waals surface area contributed by atoms with Crippen LogP contribution in [0.1, 0.15) is 26.4 Å². The lowest BCUT2D eigenvalue weighted by atomic mass is 10.2. The van der Waals surface area contributed by atoms with Gasteiger partial charge in [-0.3, -0.25) is 9.59 Å². The zero-order valence-electron chi connectivity index (χ0n) is 15.7. The fraction of sp³-hybridized carbons (Fsp3) is 0.0435. The summed E-state index contributed by atoms with van der Waals surface area (Å²) in [6.07, 6.45) is 0. The smallest absolute Gasteiger partial charge is 0.265 e. The van der Waals surface area contributed by atoms with Crippen molar-refractivity contribution >= 4 is 28.4 Å². The van der Waals surface area contributed by atoms with Crippen LogP contribution in [0.3, 0.4) is 0 Å². The first-order valence-electron chi connectivity index (χ1n) is 9.15. The molecule has 0 radical (unpaired) electrons. The molecule has 0 atom stereocenters. The summed E-state index contributed by atoms with van der Waals surface area (Å²) < 4.78 is 28.6. The van der Waals surface area contributed by atoms with Gasteiger partial charge in [-0.15, -0.1) is 0 Å². The number of rotatable bonds is 5. The molecule has 7 heteroatoms. The minimum Gasteiger partial charge on any atom is -0.364 e. The molecule has 4 rings (SSSR count). The molecular weight excluding hydrogens is 388 g/mol. The summed E-state index contributed by atoms with van der Waals surface area (Å²) in [7, 11) is 0. The van der Waals surface area contributed by atoms with Crippen LogP contribution in [0.15, 0.2) is 72.8 Å². The first-order chi connectivity index (χ1) is 14.4. The van der Waals surface area contributed by atoms with Gasteiger partial charge in [-0.05, 0) is 60.2 Å². The van der Waals surface area contributed by atoms with E-state index < -0.39 is 17.6 Å². The number of carbonyl (C=O) groups excluding carboxylic acids is 2. The van der Waals surface area contributed by atoms with E-state index in [-0.39, 0.29) is 23.6 Å². The highest BCUT2D eigenvalue weighted by atomic mass is 19.1. The minimum atomic E-state index is -0.618. The average molecular weight is 405 g/mol. The number of nitrogens with two attached hydrogens (primary N) is 1. The summed E-state index contributed by atoms with van der Waals surface area (Å²) in [4.78, 5) is 24.3. The Morgan fingerprint density at radius 2 is 1.63 bits per heavy atom. The quantitative estimate of drug-likeness (QED) is 0.519. The van der Waals surface area contributed by atoms with Crippen LogP contribution in [0.5, 0.6) is 0 Å². The van der Waals surface area contributed by atoms with Crippen molar-refractivity contribution in [2.24, 2.45) is 5.73 Å². The number of carbonyl (C=O) groups is 2. The number of hydrogen-bond acceptors (Lipinski definition) is 2. The Balaban J connectivity index is 1.68. The molecule has 0 fully saturated rings. The number of amides is 2. The molecule has 0 saturated heterocycles. The molecule has 0 aliphatic rings. The van der Waals surface area contributed by atoms with Crippen LogP contribution in [0, 0.1) is 11.6 Å². The number of hydrogen-bond donors (Lipinski definition) is 2. The van der Waals surface area contributed by atoms with Gasteiger partial charge >= 0.3 is 0 Å². The lowest BCUT2D eigenvalue weighted by molar-refractivity contribution is 0.0990. The van der Waals surface area contributed by atoms with Crippen LogP contribution in [-0.2, 0) is 6.54 Å². The topological polar surface area (TPSA) is 77.1 Å². The lowest BCUT2D eigenvalue weighted by Crippen LogP contribution is -2.17. The normalized spacial score (nSPS) is 10.9. The van der Waals surface area contributed by atoms with Crippen molar-refractivity contribution in [3.8, 4) is 0 Å². The third kappa shape index (κ3) is 3.91. The van der Waals surface area contributed by atoms with E-state index in [9.17, 15) is 18.4 Å². The van der Waals surface area contributed by atoms with Gasteiger partial charge in [-0.25, -0.2) is 8.78 Å². The minimum absolute atomic E-state index is 0.191. The van der Waals surface area contributed by atoms with Crippen LogP contribution in [0.2, 0.25) is 0 Å². The van der Waals surface area contributed by atoms with Gasteiger partial charge in [-0.1, -0.05) is 18.2 Å². The van der Waals surface area contributed by atoms with Gasteiger partial charge in [-0.2, -0.15) is 0 Å². The van der Waals surface area contributed by atoms with Crippen molar-refractivity contribution in [2.75, 3.05) is 5.32 Å². The second kappa shape index (κ2) is 7.79. The molecule has 5 nitrogen and oxygen atoms in total. The maximum atomic E-state index is 13.5. The molecule has 0 aliphatic carbocycles. The van der Waals surface area contributed by atoms with E-state index in [1.54, 1.807) is 41.0 Å². The summed E-state index contributed by atoms with van der Waals surface area (Å²) in [5, 5.41) is 3.39. The standard InChI is InChI=1S/C23H17F2N3O2/c24-17-5-1-3-14(9-17)13-28-20-8-7-19(11-16(20)12-21(28)22(26)29)27-23(30)15-4-2-6-18(25)10-15/h1-12H,13H2,(H2,26,29)(H,27,30). The molecule has 150 valence electrons. The molecule has 1 heterocycles. The molecule has 0 bridgehead atoms. The van der Waals surface area contributed by atoms with E-state index in [1.807, 2.05) is 0 Å². The Morgan fingerprint density at radius 3 is 2.33 bits per heavy atom. The number of fused-ring (bicyclic) bond motifs is 1. The Labute approximate surface area is 170 Å². The molecule has 0 spiro atoms. The molecule has 2 amide bonds. The molecular formula is C23H17F2N3O2. The highest BCUT2D eigenvalue weighted by Crippen LogP contribution is 2.25. The average Bonchev–Trinajstić information content (AvgIpc) is 3.06. The molecule has 4 aromatic rings. The van der Waals surface area contributed by atoms with Gasteiger partial charge in [0, 0.05) is 28.7 Å². The van der Waals surface area contributed by atoms with Crippen LogP contribution in [0.25, 0.3) is 10.9 Å². The number of nitrogens with zero attached hydrogens (tertiary/aromatic N) is 1. The van der Waals surface area contributed by atoms with E-state index in [1.165, 1.54) is 30.3 Å². The molecule has 0 unspecified atom stereocenters. The highest BCUT2D eigenvalue weighted by molar-refractivity contribution is 6.05. The Kier molecular flexibility index (Phi) is 5.02. The third-order valence-corrected chi connectivity index (χ3v) is 4.73. The summed E-state index contributed by atoms with van der Waals surface area (Å²) in [6.45, 7) is 0.258. The predicted molar refractivity (Wildman–Crippen MR) is 110 cm³/mol. The largest absolute Gasteiger partial charge is 0.364 e. The first kappa shape index (κ1) is 19.3. The van der Waals surface area contributed by atoms with E-state index >= 15 is 0 Å². The summed E-state index contributed by atoms with van der Waals surface area (Å²) in [5.74, 6) is -1.94. The van der Waals surface area contributed by atoms with Crippen molar-refractivity contribution in [2.45, 2.75) is 6.54 Å². The maximum Gasteiger partial charge on any atom is 0.265 e. The van der Waals surface area contributed by atoms with E-state index in [2.05, 4.69) is 5.32 Å². The summed E-state index contributed by atoms with van der Waals surface area (Å²) in [5.41, 5.74) is 7.86. The first-order valence-corrected chi connectivity index (χ1v) is 9.15. The molecule has 3 aromatic carbocycles. The summed E-state index contributed by atoms with van der Waals surface area (Å²) in [6, 6.07) is 18.2. The van der Waals surface area contributed by atoms with E-state index in [0.717, 1.165) is 6.07 Å². The number of nitrogens with one attached hydrogen (secondary N) is 1. The van der Waals surface area contributed by atoms with Crippen LogP contribution < -0.4 is 11.1 Å². The molecule has 0 saturated carbocycles. The van der Waals surface area contributed by atoms with Gasteiger partial charge < -0.3 is 15.6 Å². The molecule has 1 aromatic heterocycles. The SMILES string of the molecule is NC(=O)c1cc2cc(NC(=O)c3cccc(F)c3)ccc2n1Cc1cccc(F)c1. The van der Waals surface area contributed by atoms with Crippen molar-refractivity contribution in [1.82, 2.24) is 4.57 Å². The van der Waals surface area contributed by atoms with Gasteiger partial charge in [0.2, 0.25) is 0 Å². The van der Waals surface area contributed by atoms with Crippen LogP contribution >= 0.6 is 0 Å². The summed E-state index contributed by atoms with van der Waals surface area (Å²) >= 11 is 0. The Hall–Kier alpha value is -4.00. The number of aromatic nitrogens is 1. The van der Waals surface area contributed by atoms with Gasteiger partial charge in [0.15, 0.2) is 0 Å². The Morgan fingerprint density at radius 1 is 0.900 bits per heavy atom. The second-order valence-electron chi connectivity index (χ2n) is 6.85. The van der Waals surface area contributed by atoms with E-state index in [0.29, 0.717) is 22.2 Å². The van der Waals surface area contributed by atoms with Crippen molar-refractivity contribution in [3.05, 3.63) is 101 Å². The predicted octanol–water partition coefficient (Wildman–Crippen LogP) is 4.32. The van der Waals surface area contributed by atoms with Gasteiger partial charge in [0.05, 0.1) is 0 Å².